The van der Waals surface area contributed by atoms with Gasteiger partial charge in [0, 0.05) is 4.91 Å². The molecule has 1 aromatic carbocycles. The van der Waals surface area contributed by atoms with Crippen molar-refractivity contribution in [2.45, 2.75) is 12.8 Å². The molecule has 128 valence electrons. The standard InChI is InChI=1S/C18H12Cl2O4S/c19-12-5-3-10(8-13(12)20)18-11(9-16(21)22)4-6-15(25-18)17(23)14-2-1-7-24-14/h1-3,5-8H,4,9H2,(H,21,22). The molecule has 0 amide bonds. The number of rotatable bonds is 5. The molecular weight excluding hydrogens is 383 g/mol. The first-order chi connectivity index (χ1) is 12.0. The number of allylic oxidation sites excluding steroid dienone is 2. The van der Waals surface area contributed by atoms with Crippen LogP contribution in [-0.4, -0.2) is 16.9 Å². The van der Waals surface area contributed by atoms with Gasteiger partial charge in [-0.25, -0.2) is 0 Å². The number of carbonyl (C=O) groups excluding carboxylic acids is 1. The topological polar surface area (TPSA) is 67.5 Å². The van der Waals surface area contributed by atoms with Crippen molar-refractivity contribution in [3.05, 3.63) is 74.5 Å². The second-order valence-electron chi connectivity index (χ2n) is 5.31. The largest absolute Gasteiger partial charge is 0.481 e. The Morgan fingerprint density at radius 1 is 1.20 bits per heavy atom. The summed E-state index contributed by atoms with van der Waals surface area (Å²) in [4.78, 5) is 24.9. The van der Waals surface area contributed by atoms with E-state index in [9.17, 15) is 9.59 Å². The Hall–Kier alpha value is -1.95. The first-order valence-electron chi connectivity index (χ1n) is 7.31. The highest BCUT2D eigenvalue weighted by molar-refractivity contribution is 8.12. The first-order valence-corrected chi connectivity index (χ1v) is 8.88. The second kappa shape index (κ2) is 7.52. The summed E-state index contributed by atoms with van der Waals surface area (Å²) in [7, 11) is 0. The van der Waals surface area contributed by atoms with Crippen molar-refractivity contribution in [2.24, 2.45) is 0 Å². The Bertz CT molecular complexity index is 898. The number of halogens is 2. The SMILES string of the molecule is O=C(O)CC1=C(c2ccc(Cl)c(Cl)c2)SC(C(=O)c2ccco2)=CC1. The van der Waals surface area contributed by atoms with Gasteiger partial charge in [0.05, 0.1) is 27.6 Å². The van der Waals surface area contributed by atoms with Gasteiger partial charge in [0.25, 0.3) is 0 Å². The van der Waals surface area contributed by atoms with Gasteiger partial charge < -0.3 is 9.52 Å². The van der Waals surface area contributed by atoms with Crippen molar-refractivity contribution in [1.82, 2.24) is 0 Å². The number of thioether (sulfide) groups is 1. The average molecular weight is 395 g/mol. The van der Waals surface area contributed by atoms with Crippen molar-refractivity contribution < 1.29 is 19.1 Å². The molecule has 1 N–H and O–H groups in total. The van der Waals surface area contributed by atoms with Crippen LogP contribution in [0.5, 0.6) is 0 Å². The second-order valence-corrected chi connectivity index (χ2v) is 7.18. The number of aliphatic carboxylic acids is 1. The highest BCUT2D eigenvalue weighted by atomic mass is 35.5. The summed E-state index contributed by atoms with van der Waals surface area (Å²) in [6.07, 6.45) is 3.43. The monoisotopic (exact) mass is 394 g/mol. The van der Waals surface area contributed by atoms with Gasteiger partial charge in [-0.3, -0.25) is 9.59 Å². The molecule has 2 heterocycles. The zero-order valence-electron chi connectivity index (χ0n) is 12.8. The van der Waals surface area contributed by atoms with Crippen LogP contribution in [0.15, 0.2) is 57.6 Å². The van der Waals surface area contributed by atoms with Crippen LogP contribution in [-0.2, 0) is 4.79 Å². The molecule has 0 spiro atoms. The summed E-state index contributed by atoms with van der Waals surface area (Å²) in [5.41, 5.74) is 1.44. The molecule has 7 heteroatoms. The van der Waals surface area contributed by atoms with Crippen molar-refractivity contribution in [3.63, 3.8) is 0 Å². The van der Waals surface area contributed by atoms with E-state index in [1.807, 2.05) is 0 Å². The summed E-state index contributed by atoms with van der Waals surface area (Å²) in [5, 5.41) is 9.94. The van der Waals surface area contributed by atoms with Crippen LogP contribution in [0.25, 0.3) is 4.91 Å². The van der Waals surface area contributed by atoms with Gasteiger partial charge in [0.1, 0.15) is 0 Å². The minimum absolute atomic E-state index is 0.110. The highest BCUT2D eigenvalue weighted by Gasteiger charge is 2.24. The maximum Gasteiger partial charge on any atom is 0.307 e. The number of hydrogen-bond donors (Lipinski definition) is 1. The molecule has 1 aromatic heterocycles. The summed E-state index contributed by atoms with van der Waals surface area (Å²) in [5.74, 6) is -0.918. The van der Waals surface area contributed by atoms with Crippen LogP contribution < -0.4 is 0 Å². The quantitative estimate of drug-likeness (QED) is 0.660. The molecule has 1 aliphatic heterocycles. The van der Waals surface area contributed by atoms with Crippen LogP contribution in [0.3, 0.4) is 0 Å². The lowest BCUT2D eigenvalue weighted by Gasteiger charge is -2.19. The van der Waals surface area contributed by atoms with E-state index in [0.717, 1.165) is 5.56 Å². The van der Waals surface area contributed by atoms with Gasteiger partial charge in [-0.1, -0.05) is 47.1 Å². The molecule has 0 saturated heterocycles. The maximum absolute atomic E-state index is 12.5. The number of hydrogen-bond acceptors (Lipinski definition) is 4. The molecule has 0 radical (unpaired) electrons. The number of carboxylic acids is 1. The van der Waals surface area contributed by atoms with Crippen LogP contribution in [0, 0.1) is 0 Å². The molecule has 0 atom stereocenters. The number of benzene rings is 1. The molecule has 1 aliphatic rings. The van der Waals surface area contributed by atoms with Crippen LogP contribution in [0.4, 0.5) is 0 Å². The Kier molecular flexibility index (Phi) is 5.37. The van der Waals surface area contributed by atoms with Gasteiger partial charge in [0.15, 0.2) is 5.76 Å². The molecule has 0 fully saturated rings. The Morgan fingerprint density at radius 2 is 2.00 bits per heavy atom. The van der Waals surface area contributed by atoms with E-state index < -0.39 is 5.97 Å². The molecule has 4 nitrogen and oxygen atoms in total. The fourth-order valence-electron chi connectivity index (χ4n) is 2.44. The fraction of sp³-hybridized carbons (Fsp3) is 0.111. The van der Waals surface area contributed by atoms with Crippen LogP contribution in [0.1, 0.15) is 29.0 Å². The van der Waals surface area contributed by atoms with Gasteiger partial charge in [-0.05, 0) is 41.8 Å². The number of ketones is 1. The smallest absolute Gasteiger partial charge is 0.307 e. The third-order valence-corrected chi connectivity index (χ3v) is 5.62. The van der Waals surface area contributed by atoms with Gasteiger partial charge in [-0.2, -0.15) is 0 Å². The van der Waals surface area contributed by atoms with E-state index in [1.165, 1.54) is 18.0 Å². The van der Waals surface area contributed by atoms with Crippen molar-refractivity contribution in [1.29, 1.82) is 0 Å². The summed E-state index contributed by atoms with van der Waals surface area (Å²) in [6, 6.07) is 8.33. The van der Waals surface area contributed by atoms with E-state index in [2.05, 4.69) is 0 Å². The lowest BCUT2D eigenvalue weighted by atomic mass is 10.0. The van der Waals surface area contributed by atoms with E-state index in [4.69, 9.17) is 32.7 Å². The normalized spacial score (nSPS) is 14.4. The molecule has 25 heavy (non-hydrogen) atoms. The average Bonchev–Trinajstić information content (AvgIpc) is 3.11. The fourth-order valence-corrected chi connectivity index (χ4v) is 3.86. The molecule has 2 aromatic rings. The Morgan fingerprint density at radius 3 is 2.64 bits per heavy atom. The van der Waals surface area contributed by atoms with Crippen molar-refractivity contribution in [2.75, 3.05) is 0 Å². The Balaban J connectivity index is 1.96. The van der Waals surface area contributed by atoms with Crippen molar-refractivity contribution in [3.8, 4) is 0 Å². The molecule has 0 saturated carbocycles. The maximum atomic E-state index is 12.5. The van der Waals surface area contributed by atoms with E-state index >= 15 is 0 Å². The molecule has 0 aliphatic carbocycles. The lowest BCUT2D eigenvalue weighted by Crippen LogP contribution is -2.07. The minimum Gasteiger partial charge on any atom is -0.481 e. The summed E-state index contributed by atoms with van der Waals surface area (Å²) >= 11 is 13.3. The molecule has 0 unspecified atom stereocenters. The third kappa shape index (κ3) is 4.00. The van der Waals surface area contributed by atoms with Crippen LogP contribution >= 0.6 is 35.0 Å². The summed E-state index contributed by atoms with van der Waals surface area (Å²) in [6.45, 7) is 0. The summed E-state index contributed by atoms with van der Waals surface area (Å²) < 4.78 is 5.16. The zero-order chi connectivity index (χ0) is 18.0. The number of carbonyl (C=O) groups is 2. The van der Waals surface area contributed by atoms with Gasteiger partial charge in [0.2, 0.25) is 5.78 Å². The van der Waals surface area contributed by atoms with E-state index in [-0.39, 0.29) is 18.0 Å². The van der Waals surface area contributed by atoms with Crippen molar-refractivity contribution >= 4 is 51.6 Å². The van der Waals surface area contributed by atoms with E-state index in [0.29, 0.717) is 31.8 Å². The lowest BCUT2D eigenvalue weighted by molar-refractivity contribution is -0.136. The first kappa shape index (κ1) is 17.9. The van der Waals surface area contributed by atoms with Gasteiger partial charge >= 0.3 is 5.97 Å². The molecular formula is C18H12Cl2O4S. The zero-order valence-corrected chi connectivity index (χ0v) is 15.1. The predicted octanol–water partition coefficient (Wildman–Crippen LogP) is 5.68. The Labute approximate surface area is 158 Å². The minimum atomic E-state index is -0.928. The molecule has 0 bridgehead atoms. The number of furan rings is 1. The third-order valence-electron chi connectivity index (χ3n) is 3.58. The van der Waals surface area contributed by atoms with E-state index in [1.54, 1.807) is 36.4 Å². The van der Waals surface area contributed by atoms with Crippen LogP contribution in [0.2, 0.25) is 10.0 Å². The number of Topliss-reactive ketones (excluding diaryl/α,β-unsaturated/α-hetero) is 1. The number of carboxylic acid groups (broad SMARTS) is 1. The van der Waals surface area contributed by atoms with Gasteiger partial charge in [-0.15, -0.1) is 0 Å². The molecule has 3 rings (SSSR count). The predicted molar refractivity (Wildman–Crippen MR) is 99.0 cm³/mol. The highest BCUT2D eigenvalue weighted by Crippen LogP contribution is 2.44.